The fraction of sp³-hybridized carbons (Fsp3) is 0.579. The zero-order chi connectivity index (χ0) is 17.2. The number of unbranched alkanes of at least 4 members (excludes halogenated alkanes) is 1. The molecule has 1 fully saturated rings. The van der Waals surface area contributed by atoms with Gasteiger partial charge in [0.05, 0.1) is 0 Å². The average Bonchev–Trinajstić information content (AvgIpc) is 2.97. The van der Waals surface area contributed by atoms with Crippen LogP contribution in [0.5, 0.6) is 0 Å². The van der Waals surface area contributed by atoms with Crippen LogP contribution in [0.2, 0.25) is 0 Å². The van der Waals surface area contributed by atoms with Crippen LogP contribution in [0, 0.1) is 5.92 Å². The van der Waals surface area contributed by atoms with Gasteiger partial charge in [-0.15, -0.1) is 0 Å². The number of likely N-dealkylation sites (tertiary alicyclic amines) is 1. The molecule has 24 heavy (non-hydrogen) atoms. The highest BCUT2D eigenvalue weighted by Crippen LogP contribution is 2.17. The number of aliphatic imine (C=N–C) groups is 1. The van der Waals surface area contributed by atoms with Gasteiger partial charge in [-0.2, -0.15) is 0 Å². The Balaban J connectivity index is 1.71. The lowest BCUT2D eigenvalue weighted by Gasteiger charge is -2.18. The molecule has 1 aromatic carbocycles. The standard InChI is InChI=1S/C19H30N4O/c1-3-4-11-21-19(20-2)22-14-17-13-18(24)23(15-17)12-10-16-8-6-5-7-9-16/h5-9,17H,3-4,10-15H2,1-2H3,(H2,20,21,22). The zero-order valence-corrected chi connectivity index (χ0v) is 14.9. The molecule has 0 aromatic heterocycles. The van der Waals surface area contributed by atoms with Gasteiger partial charge in [-0.05, 0) is 18.4 Å². The van der Waals surface area contributed by atoms with E-state index in [1.807, 2.05) is 23.1 Å². The van der Waals surface area contributed by atoms with E-state index in [-0.39, 0.29) is 5.91 Å². The number of guanidine groups is 1. The Morgan fingerprint density at radius 2 is 2.08 bits per heavy atom. The predicted molar refractivity (Wildman–Crippen MR) is 99.1 cm³/mol. The minimum atomic E-state index is 0.270. The maximum absolute atomic E-state index is 12.2. The summed E-state index contributed by atoms with van der Waals surface area (Å²) < 4.78 is 0. The zero-order valence-electron chi connectivity index (χ0n) is 14.9. The third kappa shape index (κ3) is 5.87. The smallest absolute Gasteiger partial charge is 0.223 e. The molecule has 1 atom stereocenters. The topological polar surface area (TPSA) is 56.7 Å². The number of nitrogens with one attached hydrogen (secondary N) is 2. The van der Waals surface area contributed by atoms with Crippen molar-refractivity contribution in [3.63, 3.8) is 0 Å². The summed E-state index contributed by atoms with van der Waals surface area (Å²) in [4.78, 5) is 18.4. The lowest BCUT2D eigenvalue weighted by atomic mass is 10.1. The molecule has 0 saturated carbocycles. The van der Waals surface area contributed by atoms with Crippen molar-refractivity contribution in [3.8, 4) is 0 Å². The van der Waals surface area contributed by atoms with Crippen LogP contribution >= 0.6 is 0 Å². The SMILES string of the molecule is CCCCNC(=NC)NCC1CC(=O)N(CCc2ccccc2)C1. The number of hydrogen-bond donors (Lipinski definition) is 2. The highest BCUT2D eigenvalue weighted by molar-refractivity contribution is 5.80. The molecule has 1 saturated heterocycles. The van der Waals surface area contributed by atoms with Crippen molar-refractivity contribution in [2.75, 3.05) is 33.2 Å². The van der Waals surface area contributed by atoms with Gasteiger partial charge in [0, 0.05) is 45.6 Å². The molecule has 1 unspecified atom stereocenters. The van der Waals surface area contributed by atoms with Crippen LogP contribution in [0.4, 0.5) is 0 Å². The van der Waals surface area contributed by atoms with Gasteiger partial charge in [0.1, 0.15) is 0 Å². The molecule has 1 amide bonds. The number of amides is 1. The van der Waals surface area contributed by atoms with Gasteiger partial charge in [0.15, 0.2) is 5.96 Å². The summed E-state index contributed by atoms with van der Waals surface area (Å²) in [5.74, 6) is 1.46. The Kier molecular flexibility index (Phi) is 7.59. The molecule has 1 heterocycles. The van der Waals surface area contributed by atoms with Crippen molar-refractivity contribution in [1.29, 1.82) is 0 Å². The maximum Gasteiger partial charge on any atom is 0.223 e. The molecular weight excluding hydrogens is 300 g/mol. The Morgan fingerprint density at radius 3 is 2.79 bits per heavy atom. The van der Waals surface area contributed by atoms with Crippen molar-refractivity contribution in [3.05, 3.63) is 35.9 Å². The van der Waals surface area contributed by atoms with Crippen LogP contribution in [0.15, 0.2) is 35.3 Å². The number of nitrogens with zero attached hydrogens (tertiary/aromatic N) is 2. The van der Waals surface area contributed by atoms with Crippen LogP contribution < -0.4 is 10.6 Å². The van der Waals surface area contributed by atoms with Gasteiger partial charge in [-0.25, -0.2) is 0 Å². The molecule has 2 N–H and O–H groups in total. The van der Waals surface area contributed by atoms with Crippen molar-refractivity contribution in [2.45, 2.75) is 32.6 Å². The normalized spacial score (nSPS) is 18.1. The maximum atomic E-state index is 12.2. The number of carbonyl (C=O) groups is 1. The molecule has 0 spiro atoms. The number of benzene rings is 1. The summed E-state index contributed by atoms with van der Waals surface area (Å²) >= 11 is 0. The summed E-state index contributed by atoms with van der Waals surface area (Å²) in [6.45, 7) is 5.54. The van der Waals surface area contributed by atoms with Gasteiger partial charge >= 0.3 is 0 Å². The minimum Gasteiger partial charge on any atom is -0.356 e. The van der Waals surface area contributed by atoms with Gasteiger partial charge < -0.3 is 15.5 Å². The second-order valence-electron chi connectivity index (χ2n) is 6.38. The summed E-state index contributed by atoms with van der Waals surface area (Å²) in [6, 6.07) is 10.3. The molecule has 1 aliphatic heterocycles. The average molecular weight is 330 g/mol. The monoisotopic (exact) mass is 330 g/mol. The molecule has 132 valence electrons. The van der Waals surface area contributed by atoms with Crippen LogP contribution in [0.3, 0.4) is 0 Å². The van der Waals surface area contributed by atoms with E-state index >= 15 is 0 Å². The van der Waals surface area contributed by atoms with Gasteiger partial charge in [-0.1, -0.05) is 43.7 Å². The van der Waals surface area contributed by atoms with E-state index in [2.05, 4.69) is 34.7 Å². The predicted octanol–water partition coefficient (Wildman–Crippen LogP) is 2.04. The summed E-state index contributed by atoms with van der Waals surface area (Å²) in [7, 11) is 1.78. The van der Waals surface area contributed by atoms with Crippen LogP contribution in [-0.4, -0.2) is 50.0 Å². The highest BCUT2D eigenvalue weighted by atomic mass is 16.2. The molecule has 1 aromatic rings. The van der Waals surface area contributed by atoms with Crippen LogP contribution in [0.1, 0.15) is 31.7 Å². The second-order valence-corrected chi connectivity index (χ2v) is 6.38. The fourth-order valence-electron chi connectivity index (χ4n) is 2.96. The molecule has 0 bridgehead atoms. The first-order chi connectivity index (χ1) is 11.7. The molecule has 1 aliphatic rings. The molecule has 5 nitrogen and oxygen atoms in total. The quantitative estimate of drug-likeness (QED) is 0.436. The van der Waals surface area contributed by atoms with Crippen molar-refractivity contribution in [2.24, 2.45) is 10.9 Å². The van der Waals surface area contributed by atoms with E-state index in [0.29, 0.717) is 12.3 Å². The van der Waals surface area contributed by atoms with Crippen LogP contribution in [-0.2, 0) is 11.2 Å². The molecule has 0 aliphatic carbocycles. The van der Waals surface area contributed by atoms with Gasteiger partial charge in [-0.3, -0.25) is 9.79 Å². The summed E-state index contributed by atoms with van der Waals surface area (Å²) in [5, 5.41) is 6.65. The first-order valence-electron chi connectivity index (χ1n) is 8.99. The lowest BCUT2D eigenvalue weighted by Crippen LogP contribution is -2.40. The number of hydrogen-bond acceptors (Lipinski definition) is 2. The largest absolute Gasteiger partial charge is 0.356 e. The molecule has 2 rings (SSSR count). The Bertz CT molecular complexity index is 529. The van der Waals surface area contributed by atoms with Crippen molar-refractivity contribution < 1.29 is 4.79 Å². The molecule has 5 heteroatoms. The lowest BCUT2D eigenvalue weighted by molar-refractivity contribution is -0.127. The molecule has 0 radical (unpaired) electrons. The molecular formula is C19H30N4O. The minimum absolute atomic E-state index is 0.270. The van der Waals surface area contributed by atoms with Gasteiger partial charge in [0.25, 0.3) is 0 Å². The third-order valence-corrected chi connectivity index (χ3v) is 4.41. The third-order valence-electron chi connectivity index (χ3n) is 4.41. The van der Waals surface area contributed by atoms with E-state index in [9.17, 15) is 4.79 Å². The van der Waals surface area contributed by atoms with E-state index in [1.165, 1.54) is 5.56 Å². The first kappa shape index (κ1) is 18.3. The second kappa shape index (κ2) is 9.96. The van der Waals surface area contributed by atoms with E-state index in [1.54, 1.807) is 7.05 Å². The number of carbonyl (C=O) groups excluding carboxylic acids is 1. The van der Waals surface area contributed by atoms with Crippen LogP contribution in [0.25, 0.3) is 0 Å². The Hall–Kier alpha value is -2.04. The fourth-order valence-corrected chi connectivity index (χ4v) is 2.96. The number of rotatable bonds is 8. The van der Waals surface area contributed by atoms with Crippen molar-refractivity contribution >= 4 is 11.9 Å². The van der Waals surface area contributed by atoms with E-state index in [4.69, 9.17) is 0 Å². The summed E-state index contributed by atoms with van der Waals surface area (Å²) in [5.41, 5.74) is 1.28. The Morgan fingerprint density at radius 1 is 1.29 bits per heavy atom. The Labute approximate surface area is 145 Å². The van der Waals surface area contributed by atoms with E-state index in [0.717, 1.165) is 51.4 Å². The van der Waals surface area contributed by atoms with E-state index < -0.39 is 0 Å². The van der Waals surface area contributed by atoms with Gasteiger partial charge in [0.2, 0.25) is 5.91 Å². The van der Waals surface area contributed by atoms with Crippen molar-refractivity contribution in [1.82, 2.24) is 15.5 Å². The first-order valence-corrected chi connectivity index (χ1v) is 8.99. The highest BCUT2D eigenvalue weighted by Gasteiger charge is 2.29. The summed E-state index contributed by atoms with van der Waals surface area (Å²) in [6.07, 6.45) is 3.86.